The third-order valence-corrected chi connectivity index (χ3v) is 15.1. The zero-order chi connectivity index (χ0) is 42.4. The van der Waals surface area contributed by atoms with Crippen molar-refractivity contribution in [1.29, 1.82) is 0 Å². The topological polar surface area (TPSA) is 10.9 Å². The Bertz CT molecular complexity index is 3790. The summed E-state index contributed by atoms with van der Waals surface area (Å²) in [5, 5.41) is 5.14. The number of aromatic nitrogens is 1. The first kappa shape index (κ1) is 35.1. The summed E-state index contributed by atoms with van der Waals surface area (Å²) in [7, 11) is 0. The molecule has 0 N–H and O–H groups in total. The third kappa shape index (κ3) is 4.18. The van der Waals surface area contributed by atoms with Crippen LogP contribution in [0, 0.1) is 0 Å². The Morgan fingerprint density at radius 1 is 0.246 bits per heavy atom. The van der Waals surface area contributed by atoms with Crippen molar-refractivity contribution in [3.8, 4) is 0 Å². The van der Waals surface area contributed by atoms with Gasteiger partial charge < -0.3 is 14.2 Å². The molecule has 302 valence electrons. The van der Waals surface area contributed by atoms with E-state index in [-0.39, 0.29) is 0 Å². The van der Waals surface area contributed by atoms with Gasteiger partial charge in [-0.1, -0.05) is 176 Å². The monoisotopic (exact) mass is 825 g/mol. The Morgan fingerprint density at radius 2 is 0.615 bits per heavy atom. The fraction of sp³-hybridized carbons (Fsp3) is 0.0323. The molecular formula is C62H39N3. The van der Waals surface area contributed by atoms with Crippen LogP contribution >= 0.6 is 0 Å². The molecule has 2 spiro atoms. The van der Waals surface area contributed by atoms with Crippen molar-refractivity contribution < 1.29 is 0 Å². The van der Waals surface area contributed by atoms with Crippen molar-refractivity contribution in [3.05, 3.63) is 281 Å². The molecule has 2 aliphatic heterocycles. The summed E-state index contributed by atoms with van der Waals surface area (Å²) in [5.74, 6) is 0. The van der Waals surface area contributed by atoms with E-state index in [1.807, 2.05) is 0 Å². The molecule has 10 aromatic carbocycles. The average Bonchev–Trinajstić information content (AvgIpc) is 3.90. The number of benzene rings is 10. The van der Waals surface area contributed by atoms with Gasteiger partial charge in [-0.05, 0) is 105 Å². The van der Waals surface area contributed by atoms with Crippen LogP contribution in [0.2, 0.25) is 0 Å². The molecule has 1 aliphatic carbocycles. The van der Waals surface area contributed by atoms with Crippen molar-refractivity contribution in [3.63, 3.8) is 0 Å². The largest absolute Gasteiger partial charge is 0.310 e. The molecule has 15 rings (SSSR count). The number of hydrogen-bond acceptors (Lipinski definition) is 2. The van der Waals surface area contributed by atoms with Crippen molar-refractivity contribution in [2.45, 2.75) is 10.8 Å². The highest BCUT2D eigenvalue weighted by Crippen LogP contribution is 2.68. The van der Waals surface area contributed by atoms with Crippen LogP contribution in [-0.2, 0) is 10.8 Å². The summed E-state index contributed by atoms with van der Waals surface area (Å²) in [6.07, 6.45) is 0. The zero-order valence-corrected chi connectivity index (χ0v) is 35.4. The van der Waals surface area contributed by atoms with Crippen LogP contribution in [-0.4, -0.2) is 4.40 Å². The van der Waals surface area contributed by atoms with Crippen LogP contribution in [0.25, 0.3) is 38.1 Å². The Morgan fingerprint density at radius 3 is 1.12 bits per heavy atom. The van der Waals surface area contributed by atoms with Gasteiger partial charge in [0.25, 0.3) is 0 Å². The number of rotatable bonds is 2. The number of para-hydroxylation sites is 7. The number of fused-ring (bicyclic) bond motifs is 20. The van der Waals surface area contributed by atoms with E-state index in [1.54, 1.807) is 0 Å². The minimum absolute atomic E-state index is 0.611. The van der Waals surface area contributed by atoms with E-state index in [0.29, 0.717) is 0 Å². The van der Waals surface area contributed by atoms with Gasteiger partial charge in [-0.3, -0.25) is 0 Å². The zero-order valence-electron chi connectivity index (χ0n) is 35.4. The third-order valence-electron chi connectivity index (χ3n) is 15.1. The van der Waals surface area contributed by atoms with E-state index in [1.165, 1.54) is 105 Å². The highest BCUT2D eigenvalue weighted by Gasteiger charge is 2.58. The molecule has 0 saturated carbocycles. The number of hydrogen-bond donors (Lipinski definition) is 0. The molecule has 12 aromatic rings. The molecule has 2 aromatic heterocycles. The quantitative estimate of drug-likeness (QED) is 0.172. The van der Waals surface area contributed by atoms with E-state index < -0.39 is 10.8 Å². The lowest BCUT2D eigenvalue weighted by Gasteiger charge is -2.56. The number of anilines is 6. The lowest BCUT2D eigenvalue weighted by molar-refractivity contribution is 0.607. The lowest BCUT2D eigenvalue weighted by Crippen LogP contribution is -2.49. The molecule has 0 fully saturated rings. The first-order valence-electron chi connectivity index (χ1n) is 22.7. The summed E-state index contributed by atoms with van der Waals surface area (Å²) in [6.45, 7) is 0. The molecule has 0 bridgehead atoms. The molecule has 0 radical (unpaired) electrons. The van der Waals surface area contributed by atoms with Gasteiger partial charge in [0, 0.05) is 32.9 Å². The highest BCUT2D eigenvalue weighted by atomic mass is 15.2. The standard InChI is InChI=1S/C62H39N3/c1-2-19-40(20-3-1)63-56-33-14-9-28-50(56)61(51-29-10-15-34-57(51)63)46-24-5-7-26-48(46)62(49-27-8-6-25-47(49)61)52-30-11-16-35-58(52)64(59-36-17-12-31-53(59)62)41-37-38-55-45(39-41)44-23-18-22-43-42-21-4-13-32-54(42)65(55)60(43)44/h1-39H. The summed E-state index contributed by atoms with van der Waals surface area (Å²) < 4.78 is 2.47. The first-order valence-corrected chi connectivity index (χ1v) is 22.7. The van der Waals surface area contributed by atoms with Crippen LogP contribution in [0.15, 0.2) is 237 Å². The SMILES string of the molecule is c1ccc(N2c3ccccc3C3(c4ccccc42)c2ccccc2C2(c4ccccc4N(c4ccc5c(c4)c4cccc6c7ccccc7n5c64)c4ccccc42)c2ccccc23)cc1. The summed E-state index contributed by atoms with van der Waals surface area (Å²) in [5.41, 5.74) is 19.9. The van der Waals surface area contributed by atoms with Gasteiger partial charge >= 0.3 is 0 Å². The van der Waals surface area contributed by atoms with Crippen LogP contribution in [0.4, 0.5) is 34.1 Å². The molecule has 3 aliphatic rings. The van der Waals surface area contributed by atoms with Crippen LogP contribution in [0.3, 0.4) is 0 Å². The molecule has 0 unspecified atom stereocenters. The van der Waals surface area contributed by atoms with E-state index >= 15 is 0 Å². The molecule has 65 heavy (non-hydrogen) atoms. The lowest BCUT2D eigenvalue weighted by atomic mass is 9.49. The molecule has 3 heteroatoms. The van der Waals surface area contributed by atoms with E-state index in [9.17, 15) is 0 Å². The van der Waals surface area contributed by atoms with Crippen molar-refractivity contribution >= 4 is 72.2 Å². The Hall–Kier alpha value is -8.40. The molecule has 0 atom stereocenters. The average molecular weight is 826 g/mol. The minimum Gasteiger partial charge on any atom is -0.310 e. The van der Waals surface area contributed by atoms with Crippen molar-refractivity contribution in [2.75, 3.05) is 9.80 Å². The van der Waals surface area contributed by atoms with Gasteiger partial charge in [-0.25, -0.2) is 0 Å². The van der Waals surface area contributed by atoms with E-state index in [2.05, 4.69) is 251 Å². The van der Waals surface area contributed by atoms with Gasteiger partial charge in [0.15, 0.2) is 0 Å². The second kappa shape index (κ2) is 12.6. The maximum Gasteiger partial charge on any atom is 0.0748 e. The normalized spacial score (nSPS) is 15.0. The van der Waals surface area contributed by atoms with E-state index in [0.717, 1.165) is 11.4 Å². The Balaban J connectivity index is 1.02. The Kier molecular flexibility index (Phi) is 6.82. The fourth-order valence-electron chi connectivity index (χ4n) is 12.9. The van der Waals surface area contributed by atoms with Gasteiger partial charge in [0.1, 0.15) is 0 Å². The van der Waals surface area contributed by atoms with Gasteiger partial charge in [-0.15, -0.1) is 0 Å². The van der Waals surface area contributed by atoms with Gasteiger partial charge in [0.2, 0.25) is 0 Å². The summed E-state index contributed by atoms with van der Waals surface area (Å²) >= 11 is 0. The second-order valence-corrected chi connectivity index (χ2v) is 17.9. The second-order valence-electron chi connectivity index (χ2n) is 17.9. The van der Waals surface area contributed by atoms with Crippen LogP contribution in [0.1, 0.15) is 44.5 Å². The smallest absolute Gasteiger partial charge is 0.0748 e. The molecule has 0 amide bonds. The predicted molar refractivity (Wildman–Crippen MR) is 268 cm³/mol. The maximum atomic E-state index is 2.53. The van der Waals surface area contributed by atoms with Crippen molar-refractivity contribution in [2.24, 2.45) is 0 Å². The van der Waals surface area contributed by atoms with Crippen LogP contribution < -0.4 is 9.80 Å². The predicted octanol–water partition coefficient (Wildman–Crippen LogP) is 15.5. The van der Waals surface area contributed by atoms with Gasteiger partial charge in [0.05, 0.1) is 50.1 Å². The van der Waals surface area contributed by atoms with E-state index in [4.69, 9.17) is 0 Å². The molecule has 4 heterocycles. The number of nitrogens with zero attached hydrogens (tertiary/aromatic N) is 3. The molecule has 0 saturated heterocycles. The molecular weight excluding hydrogens is 787 g/mol. The first-order chi connectivity index (χ1) is 32.3. The fourth-order valence-corrected chi connectivity index (χ4v) is 12.9. The van der Waals surface area contributed by atoms with Gasteiger partial charge in [-0.2, -0.15) is 0 Å². The van der Waals surface area contributed by atoms with Crippen molar-refractivity contribution in [1.82, 2.24) is 4.40 Å². The summed E-state index contributed by atoms with van der Waals surface area (Å²) in [4.78, 5) is 4.99. The Labute approximate surface area is 376 Å². The maximum absolute atomic E-state index is 2.53. The highest BCUT2D eigenvalue weighted by molar-refractivity contribution is 6.23. The van der Waals surface area contributed by atoms with Crippen LogP contribution in [0.5, 0.6) is 0 Å². The molecule has 3 nitrogen and oxygen atoms in total. The summed E-state index contributed by atoms with van der Waals surface area (Å²) in [6, 6.07) is 89.0. The minimum atomic E-state index is -0.637.